The molecule has 0 unspecified atom stereocenters. The van der Waals surface area contributed by atoms with Gasteiger partial charge in [-0.05, 0) is 31.2 Å². The van der Waals surface area contributed by atoms with Crippen LogP contribution in [-0.4, -0.2) is 59.0 Å². The third kappa shape index (κ3) is 5.51. The van der Waals surface area contributed by atoms with E-state index in [-0.39, 0.29) is 17.9 Å². The predicted octanol–water partition coefficient (Wildman–Crippen LogP) is 3.98. The van der Waals surface area contributed by atoms with Crippen molar-refractivity contribution in [1.29, 1.82) is 0 Å². The van der Waals surface area contributed by atoms with Gasteiger partial charge >= 0.3 is 0 Å². The van der Waals surface area contributed by atoms with Crippen molar-refractivity contribution in [1.82, 2.24) is 19.9 Å². The van der Waals surface area contributed by atoms with Crippen LogP contribution >= 0.6 is 23.2 Å². The van der Waals surface area contributed by atoms with Crippen LogP contribution in [0.25, 0.3) is 16.6 Å². The number of fused-ring (bicyclic) bond motifs is 1. The highest BCUT2D eigenvalue weighted by Crippen LogP contribution is 2.33. The summed E-state index contributed by atoms with van der Waals surface area (Å²) in [7, 11) is 1.64. The van der Waals surface area contributed by atoms with E-state index in [2.05, 4.69) is 44.3 Å². The molecule has 2 aromatic heterocycles. The molecule has 0 aliphatic carbocycles. The molecule has 0 spiro atoms. The first kappa shape index (κ1) is 26.8. The van der Waals surface area contributed by atoms with Gasteiger partial charge in [-0.3, -0.25) is 9.36 Å². The number of anilines is 3. The minimum Gasteiger partial charge on any atom is -0.495 e. The van der Waals surface area contributed by atoms with Gasteiger partial charge in [0.25, 0.3) is 5.56 Å². The number of aliphatic hydroxyl groups excluding tert-OH is 1. The van der Waals surface area contributed by atoms with Gasteiger partial charge in [0.1, 0.15) is 12.4 Å². The largest absolute Gasteiger partial charge is 0.495 e. The van der Waals surface area contributed by atoms with Crippen LogP contribution in [0.1, 0.15) is 12.5 Å². The average molecular weight is 565 g/mol. The first-order valence-electron chi connectivity index (χ1n) is 12.3. The average Bonchev–Trinajstić information content (AvgIpc) is 2.93. The quantitative estimate of drug-likeness (QED) is 0.313. The van der Waals surface area contributed by atoms with Gasteiger partial charge in [0.05, 0.1) is 45.0 Å². The summed E-state index contributed by atoms with van der Waals surface area (Å²) in [5, 5.41) is 16.8. The normalized spacial score (nSPS) is 15.1. The Morgan fingerprint density at radius 1 is 1.26 bits per heavy atom. The Morgan fingerprint density at radius 3 is 2.77 bits per heavy atom. The van der Waals surface area contributed by atoms with Gasteiger partial charge in [-0.25, -0.2) is 9.97 Å². The number of aromatic nitrogens is 3. The van der Waals surface area contributed by atoms with Crippen LogP contribution in [0.5, 0.6) is 5.75 Å². The fourth-order valence-corrected chi connectivity index (χ4v) is 5.17. The number of piperazine rings is 1. The molecule has 11 heteroatoms. The van der Waals surface area contributed by atoms with Crippen molar-refractivity contribution in [2.45, 2.75) is 13.0 Å². The van der Waals surface area contributed by atoms with Gasteiger partial charge in [0.2, 0.25) is 5.95 Å². The number of nitrogens with zero attached hydrogens (tertiary/aromatic N) is 4. The van der Waals surface area contributed by atoms with Gasteiger partial charge in [0, 0.05) is 49.8 Å². The molecule has 1 fully saturated rings. The maximum absolute atomic E-state index is 13.4. The van der Waals surface area contributed by atoms with E-state index < -0.39 is 5.56 Å². The second kappa shape index (κ2) is 11.5. The zero-order chi connectivity index (χ0) is 27.5. The lowest BCUT2D eigenvalue weighted by atomic mass is 10.1. The molecule has 1 aliphatic rings. The fraction of sp³-hybridized carbons (Fsp3) is 0.250. The van der Waals surface area contributed by atoms with E-state index in [0.29, 0.717) is 32.9 Å². The number of halogens is 2. The molecule has 39 heavy (non-hydrogen) atoms. The van der Waals surface area contributed by atoms with E-state index in [1.807, 2.05) is 18.2 Å². The van der Waals surface area contributed by atoms with Crippen LogP contribution in [0.3, 0.4) is 0 Å². The molecule has 0 radical (unpaired) electrons. The molecular formula is C28H26Cl2N6O3. The summed E-state index contributed by atoms with van der Waals surface area (Å²) in [5.74, 6) is 6.50. The standard InChI is InChI=1S/C28H26Cl2N6O3/c1-17-15-35(11-10-31-17)23-9-8-19(13-24(23)39-2)33-28-32-14-20-25(34-28)18(5-4-12-37)16-36(27(20)38)26-21(29)6-3-7-22(26)30/h3,6-9,13-14,16-17,31,37H,10-12,15H2,1-2H3,(H,32,33,34)/t17-/m1/s1. The number of benzene rings is 2. The Bertz CT molecular complexity index is 1640. The van der Waals surface area contributed by atoms with E-state index in [4.69, 9.17) is 27.9 Å². The van der Waals surface area contributed by atoms with Gasteiger partial charge in [-0.1, -0.05) is 41.1 Å². The summed E-state index contributed by atoms with van der Waals surface area (Å²) in [4.78, 5) is 24.7. The lowest BCUT2D eigenvalue weighted by molar-refractivity contribution is 0.350. The number of hydrogen-bond acceptors (Lipinski definition) is 8. The first-order valence-corrected chi connectivity index (χ1v) is 13.0. The molecular weight excluding hydrogens is 539 g/mol. The van der Waals surface area contributed by atoms with Crippen LogP contribution in [0.15, 0.2) is 53.6 Å². The van der Waals surface area contributed by atoms with Crippen molar-refractivity contribution >= 4 is 51.4 Å². The maximum Gasteiger partial charge on any atom is 0.266 e. The Kier molecular flexibility index (Phi) is 7.91. The molecule has 2 aromatic carbocycles. The van der Waals surface area contributed by atoms with Crippen LogP contribution in [-0.2, 0) is 0 Å². The highest BCUT2D eigenvalue weighted by molar-refractivity contribution is 6.37. The minimum absolute atomic E-state index is 0.224. The topological polar surface area (TPSA) is 105 Å². The number of aliphatic hydroxyl groups is 1. The van der Waals surface area contributed by atoms with Crippen molar-refractivity contribution < 1.29 is 9.84 Å². The smallest absolute Gasteiger partial charge is 0.266 e. The van der Waals surface area contributed by atoms with Gasteiger partial charge in [0.15, 0.2) is 0 Å². The number of nitrogens with one attached hydrogen (secondary N) is 2. The molecule has 1 saturated heterocycles. The second-order valence-corrected chi connectivity index (χ2v) is 9.83. The summed E-state index contributed by atoms with van der Waals surface area (Å²) < 4.78 is 7.01. The molecule has 3 N–H and O–H groups in total. The summed E-state index contributed by atoms with van der Waals surface area (Å²) >= 11 is 12.7. The van der Waals surface area contributed by atoms with Crippen molar-refractivity contribution in [2.75, 3.05) is 43.6 Å². The van der Waals surface area contributed by atoms with Gasteiger partial charge < -0.3 is 25.4 Å². The van der Waals surface area contributed by atoms with Crippen molar-refractivity contribution in [3.8, 4) is 23.3 Å². The van der Waals surface area contributed by atoms with Crippen molar-refractivity contribution in [3.05, 3.63) is 74.8 Å². The zero-order valence-corrected chi connectivity index (χ0v) is 22.8. The molecule has 0 saturated carbocycles. The van der Waals surface area contributed by atoms with Gasteiger partial charge in [-0.15, -0.1) is 0 Å². The Labute approximate surface area is 235 Å². The number of methoxy groups -OCH3 is 1. The number of rotatable bonds is 5. The molecule has 3 heterocycles. The van der Waals surface area contributed by atoms with Crippen LogP contribution in [0.2, 0.25) is 10.0 Å². The lowest BCUT2D eigenvalue weighted by Crippen LogP contribution is -2.49. The fourth-order valence-electron chi connectivity index (χ4n) is 4.59. The highest BCUT2D eigenvalue weighted by atomic mass is 35.5. The van der Waals surface area contributed by atoms with E-state index in [0.717, 1.165) is 36.8 Å². The summed E-state index contributed by atoms with van der Waals surface area (Å²) in [6.07, 6.45) is 2.95. The van der Waals surface area contributed by atoms with Crippen LogP contribution in [0, 0.1) is 11.8 Å². The van der Waals surface area contributed by atoms with E-state index >= 15 is 0 Å². The number of para-hydroxylation sites is 1. The molecule has 5 rings (SSSR count). The summed E-state index contributed by atoms with van der Waals surface area (Å²) in [6.45, 7) is 4.47. The second-order valence-electron chi connectivity index (χ2n) is 9.02. The number of ether oxygens (including phenoxy) is 1. The minimum atomic E-state index is -0.405. The van der Waals surface area contributed by atoms with Crippen molar-refractivity contribution in [3.63, 3.8) is 0 Å². The zero-order valence-electron chi connectivity index (χ0n) is 21.3. The van der Waals surface area contributed by atoms with Gasteiger partial charge in [-0.2, -0.15) is 0 Å². The lowest BCUT2D eigenvalue weighted by Gasteiger charge is -2.34. The first-order chi connectivity index (χ1) is 18.9. The number of pyridine rings is 1. The van der Waals surface area contributed by atoms with Crippen LogP contribution in [0.4, 0.5) is 17.3 Å². The third-order valence-corrected chi connectivity index (χ3v) is 6.99. The molecule has 4 aromatic rings. The van der Waals surface area contributed by atoms with E-state index in [1.165, 1.54) is 17.0 Å². The Hall–Kier alpha value is -3.81. The third-order valence-electron chi connectivity index (χ3n) is 6.38. The van der Waals surface area contributed by atoms with E-state index in [9.17, 15) is 9.90 Å². The predicted molar refractivity (Wildman–Crippen MR) is 155 cm³/mol. The molecule has 0 bridgehead atoms. The molecule has 0 amide bonds. The molecule has 200 valence electrons. The SMILES string of the molecule is COc1cc(Nc2ncc3c(=O)n(-c4c(Cl)cccc4Cl)cc(C#CCO)c3n2)ccc1N1CCN[C@H](C)C1. The summed E-state index contributed by atoms with van der Waals surface area (Å²) in [5.41, 5.74) is 2.39. The molecule has 1 aliphatic heterocycles. The maximum atomic E-state index is 13.4. The van der Waals surface area contributed by atoms with E-state index in [1.54, 1.807) is 25.3 Å². The monoisotopic (exact) mass is 564 g/mol. The highest BCUT2D eigenvalue weighted by Gasteiger charge is 2.20. The summed E-state index contributed by atoms with van der Waals surface area (Å²) in [6, 6.07) is 11.2. The number of hydrogen-bond donors (Lipinski definition) is 3. The Morgan fingerprint density at radius 2 is 2.05 bits per heavy atom. The van der Waals surface area contributed by atoms with Crippen LogP contribution < -0.4 is 25.8 Å². The molecule has 1 atom stereocenters. The molecule has 9 nitrogen and oxygen atoms in total. The Balaban J connectivity index is 1.54. The van der Waals surface area contributed by atoms with Crippen molar-refractivity contribution in [2.24, 2.45) is 0 Å².